The molecule has 0 aromatic carbocycles. The molecular weight excluding hydrogens is 204 g/mol. The van der Waals surface area contributed by atoms with Gasteiger partial charge in [0.05, 0.1) is 6.10 Å². The Morgan fingerprint density at radius 2 is 2.25 bits per heavy atom. The van der Waals surface area contributed by atoms with Crippen LogP contribution >= 0.6 is 0 Å². The highest BCUT2D eigenvalue weighted by Gasteiger charge is 2.28. The lowest BCUT2D eigenvalue weighted by molar-refractivity contribution is -0.130. The van der Waals surface area contributed by atoms with Crippen molar-refractivity contribution < 1.29 is 9.53 Å². The molecule has 1 aliphatic heterocycles. The van der Waals surface area contributed by atoms with Crippen LogP contribution in [0.25, 0.3) is 0 Å². The molecule has 1 fully saturated rings. The number of carbonyl (C=O) groups is 1. The molecule has 1 aliphatic rings. The molecule has 1 saturated heterocycles. The molecule has 16 heavy (non-hydrogen) atoms. The van der Waals surface area contributed by atoms with Gasteiger partial charge in [0.25, 0.3) is 0 Å². The van der Waals surface area contributed by atoms with E-state index in [2.05, 4.69) is 0 Å². The summed E-state index contributed by atoms with van der Waals surface area (Å²) in [4.78, 5) is 13.8. The molecule has 3 unspecified atom stereocenters. The first-order chi connectivity index (χ1) is 7.54. The molecule has 0 radical (unpaired) electrons. The van der Waals surface area contributed by atoms with E-state index in [9.17, 15) is 4.79 Å². The van der Waals surface area contributed by atoms with Crippen LogP contribution < -0.4 is 5.73 Å². The van der Waals surface area contributed by atoms with Gasteiger partial charge in [0.1, 0.15) is 0 Å². The number of rotatable bonds is 5. The van der Waals surface area contributed by atoms with Gasteiger partial charge in [-0.25, -0.2) is 0 Å². The summed E-state index contributed by atoms with van der Waals surface area (Å²) in [5.41, 5.74) is 5.85. The minimum absolute atomic E-state index is 0.163. The van der Waals surface area contributed by atoms with Crippen LogP contribution in [0.15, 0.2) is 0 Å². The number of hydrogen-bond acceptors (Lipinski definition) is 3. The fourth-order valence-corrected chi connectivity index (χ4v) is 2.05. The van der Waals surface area contributed by atoms with Crippen molar-refractivity contribution in [3.8, 4) is 0 Å². The summed E-state index contributed by atoms with van der Waals surface area (Å²) in [6, 6.07) is 0.190. The van der Waals surface area contributed by atoms with Crippen LogP contribution in [-0.4, -0.2) is 43.2 Å². The minimum atomic E-state index is 0.163. The van der Waals surface area contributed by atoms with E-state index in [0.717, 1.165) is 25.9 Å². The molecule has 0 spiro atoms. The maximum Gasteiger partial charge on any atom is 0.222 e. The number of nitrogens with two attached hydrogens (primary N) is 1. The fraction of sp³-hybridized carbons (Fsp3) is 0.917. The standard InChI is InChI=1S/C12H24N2O2/c1-9(16-3)4-5-12(15)14-7-6-11(8-14)10(2)13/h9-11H,4-8,13H2,1-3H3. The molecule has 4 nitrogen and oxygen atoms in total. The Morgan fingerprint density at radius 3 is 2.75 bits per heavy atom. The second-order valence-corrected chi connectivity index (χ2v) is 4.83. The molecule has 0 saturated carbocycles. The molecule has 0 bridgehead atoms. The Kier molecular flexibility index (Phi) is 5.22. The number of methoxy groups -OCH3 is 1. The quantitative estimate of drug-likeness (QED) is 0.763. The number of amides is 1. The number of likely N-dealkylation sites (tertiary alicyclic amines) is 1. The number of ether oxygens (including phenoxy) is 1. The maximum absolute atomic E-state index is 11.9. The van der Waals surface area contributed by atoms with E-state index in [1.807, 2.05) is 18.7 Å². The molecule has 2 N–H and O–H groups in total. The van der Waals surface area contributed by atoms with Crippen molar-refractivity contribution in [1.29, 1.82) is 0 Å². The third-order valence-electron chi connectivity index (χ3n) is 3.49. The molecule has 3 atom stereocenters. The predicted molar refractivity (Wildman–Crippen MR) is 64.0 cm³/mol. The van der Waals surface area contributed by atoms with E-state index in [1.165, 1.54) is 0 Å². The van der Waals surface area contributed by atoms with Crippen LogP contribution in [0, 0.1) is 5.92 Å². The van der Waals surface area contributed by atoms with Gasteiger partial charge in [-0.1, -0.05) is 0 Å². The molecular formula is C12H24N2O2. The third kappa shape index (κ3) is 3.76. The zero-order chi connectivity index (χ0) is 12.1. The molecule has 1 amide bonds. The summed E-state index contributed by atoms with van der Waals surface area (Å²) in [6.07, 6.45) is 2.59. The minimum Gasteiger partial charge on any atom is -0.382 e. The topological polar surface area (TPSA) is 55.6 Å². The van der Waals surface area contributed by atoms with E-state index in [4.69, 9.17) is 10.5 Å². The molecule has 94 valence electrons. The molecule has 0 aliphatic carbocycles. The van der Waals surface area contributed by atoms with Gasteiger partial charge in [0, 0.05) is 32.7 Å². The Morgan fingerprint density at radius 1 is 1.56 bits per heavy atom. The van der Waals surface area contributed by atoms with Crippen molar-refractivity contribution in [2.75, 3.05) is 20.2 Å². The first kappa shape index (κ1) is 13.5. The lowest BCUT2D eigenvalue weighted by Gasteiger charge is -2.19. The van der Waals surface area contributed by atoms with Crippen molar-refractivity contribution in [2.24, 2.45) is 11.7 Å². The normalized spacial score (nSPS) is 24.5. The highest BCUT2D eigenvalue weighted by atomic mass is 16.5. The van der Waals surface area contributed by atoms with Gasteiger partial charge in [0.15, 0.2) is 0 Å². The van der Waals surface area contributed by atoms with Crippen LogP contribution in [0.5, 0.6) is 0 Å². The van der Waals surface area contributed by atoms with Crippen molar-refractivity contribution in [3.63, 3.8) is 0 Å². The number of nitrogens with zero attached hydrogens (tertiary/aromatic N) is 1. The van der Waals surface area contributed by atoms with Crippen molar-refractivity contribution >= 4 is 5.91 Å². The van der Waals surface area contributed by atoms with Crippen LogP contribution in [0.2, 0.25) is 0 Å². The highest BCUT2D eigenvalue weighted by Crippen LogP contribution is 2.19. The van der Waals surface area contributed by atoms with Crippen molar-refractivity contribution in [3.05, 3.63) is 0 Å². The molecule has 4 heteroatoms. The van der Waals surface area contributed by atoms with Gasteiger partial charge in [0.2, 0.25) is 5.91 Å². The first-order valence-electron chi connectivity index (χ1n) is 6.10. The molecule has 0 aromatic heterocycles. The molecule has 1 heterocycles. The van der Waals surface area contributed by atoms with Gasteiger partial charge < -0.3 is 15.4 Å². The van der Waals surface area contributed by atoms with E-state index >= 15 is 0 Å². The fourth-order valence-electron chi connectivity index (χ4n) is 2.05. The summed E-state index contributed by atoms with van der Waals surface area (Å²) in [5, 5.41) is 0. The van der Waals surface area contributed by atoms with E-state index in [-0.39, 0.29) is 18.1 Å². The summed E-state index contributed by atoms with van der Waals surface area (Å²) in [6.45, 7) is 5.71. The zero-order valence-electron chi connectivity index (χ0n) is 10.6. The maximum atomic E-state index is 11.9. The zero-order valence-corrected chi connectivity index (χ0v) is 10.6. The van der Waals surface area contributed by atoms with Crippen molar-refractivity contribution in [2.45, 2.75) is 45.3 Å². The van der Waals surface area contributed by atoms with Gasteiger partial charge in [-0.2, -0.15) is 0 Å². The SMILES string of the molecule is COC(C)CCC(=O)N1CCC(C(C)N)C1. The largest absolute Gasteiger partial charge is 0.382 e. The van der Waals surface area contributed by atoms with E-state index in [1.54, 1.807) is 7.11 Å². The average molecular weight is 228 g/mol. The van der Waals surface area contributed by atoms with Crippen LogP contribution in [0.3, 0.4) is 0 Å². The smallest absolute Gasteiger partial charge is 0.222 e. The first-order valence-corrected chi connectivity index (χ1v) is 6.10. The second kappa shape index (κ2) is 6.21. The summed E-state index contributed by atoms with van der Waals surface area (Å²) >= 11 is 0. The Bertz CT molecular complexity index is 231. The average Bonchev–Trinajstić information content (AvgIpc) is 2.74. The molecule has 0 aromatic rings. The third-order valence-corrected chi connectivity index (χ3v) is 3.49. The second-order valence-electron chi connectivity index (χ2n) is 4.83. The van der Waals surface area contributed by atoms with Crippen LogP contribution in [0.4, 0.5) is 0 Å². The lowest BCUT2D eigenvalue weighted by atomic mass is 10.0. The van der Waals surface area contributed by atoms with Gasteiger partial charge >= 0.3 is 0 Å². The number of hydrogen-bond donors (Lipinski definition) is 1. The van der Waals surface area contributed by atoms with E-state index in [0.29, 0.717) is 12.3 Å². The Hall–Kier alpha value is -0.610. The van der Waals surface area contributed by atoms with Gasteiger partial charge in [-0.3, -0.25) is 4.79 Å². The van der Waals surface area contributed by atoms with Crippen LogP contribution in [0.1, 0.15) is 33.1 Å². The monoisotopic (exact) mass is 228 g/mol. The molecule has 1 rings (SSSR count). The Labute approximate surface area is 98.1 Å². The number of carbonyl (C=O) groups excluding carboxylic acids is 1. The van der Waals surface area contributed by atoms with E-state index < -0.39 is 0 Å². The van der Waals surface area contributed by atoms with Crippen LogP contribution in [-0.2, 0) is 9.53 Å². The predicted octanol–water partition coefficient (Wildman–Crippen LogP) is 0.997. The summed E-state index contributed by atoms with van der Waals surface area (Å²) in [7, 11) is 1.68. The Balaban J connectivity index is 2.28. The lowest BCUT2D eigenvalue weighted by Crippen LogP contribution is -2.33. The van der Waals surface area contributed by atoms with Gasteiger partial charge in [-0.15, -0.1) is 0 Å². The van der Waals surface area contributed by atoms with Crippen molar-refractivity contribution in [1.82, 2.24) is 4.90 Å². The highest BCUT2D eigenvalue weighted by molar-refractivity contribution is 5.76. The summed E-state index contributed by atoms with van der Waals surface area (Å²) in [5.74, 6) is 0.718. The van der Waals surface area contributed by atoms with Gasteiger partial charge in [-0.05, 0) is 32.6 Å². The summed E-state index contributed by atoms with van der Waals surface area (Å²) < 4.78 is 5.13.